The van der Waals surface area contributed by atoms with Crippen molar-refractivity contribution in [2.75, 3.05) is 31.2 Å². The van der Waals surface area contributed by atoms with Gasteiger partial charge in [0.05, 0.1) is 12.8 Å². The molecule has 1 unspecified atom stereocenters. The van der Waals surface area contributed by atoms with Gasteiger partial charge in [-0.2, -0.15) is 0 Å². The van der Waals surface area contributed by atoms with E-state index in [0.29, 0.717) is 42.7 Å². The Morgan fingerprint density at radius 3 is 2.57 bits per heavy atom. The third kappa shape index (κ3) is 9.87. The lowest BCUT2D eigenvalue weighted by atomic mass is 10.1. The minimum atomic E-state index is -0.367. The molecule has 42 heavy (non-hydrogen) atoms. The van der Waals surface area contributed by atoms with E-state index in [1.54, 1.807) is 24.1 Å². The number of aryl methyl sites for hydroxylation is 1. The Balaban J connectivity index is 1.27. The molecule has 1 atom stereocenters. The normalized spacial score (nSPS) is 13.0. The minimum absolute atomic E-state index is 0.0479. The Morgan fingerprint density at radius 2 is 1.79 bits per heavy atom. The molecule has 0 bridgehead atoms. The van der Waals surface area contributed by atoms with Crippen LogP contribution in [-0.2, 0) is 27.3 Å². The quantitative estimate of drug-likeness (QED) is 0.111. The number of carbonyl (C=O) groups excluding carboxylic acids is 4. The van der Waals surface area contributed by atoms with Gasteiger partial charge in [-0.05, 0) is 81.9 Å². The molecule has 4 amide bonds. The molecule has 0 saturated carbocycles. The number of nitrogens with zero attached hydrogens (tertiary/aromatic N) is 1. The van der Waals surface area contributed by atoms with Crippen molar-refractivity contribution in [3.63, 3.8) is 0 Å². The van der Waals surface area contributed by atoms with Gasteiger partial charge in [0.15, 0.2) is 0 Å². The van der Waals surface area contributed by atoms with E-state index in [1.165, 1.54) is 5.56 Å². The van der Waals surface area contributed by atoms with Crippen LogP contribution < -0.4 is 26.4 Å². The van der Waals surface area contributed by atoms with Gasteiger partial charge in [0.25, 0.3) is 5.91 Å². The molecule has 10 heteroatoms. The van der Waals surface area contributed by atoms with Crippen LogP contribution in [-0.4, -0.2) is 55.3 Å². The molecule has 5 N–H and O–H groups in total. The number of imide groups is 1. The van der Waals surface area contributed by atoms with Crippen LogP contribution in [0.5, 0.6) is 5.75 Å². The van der Waals surface area contributed by atoms with Crippen LogP contribution in [0.3, 0.4) is 0 Å². The van der Waals surface area contributed by atoms with Crippen molar-refractivity contribution in [3.8, 4) is 5.75 Å². The lowest BCUT2D eigenvalue weighted by Crippen LogP contribution is -2.34. The fraction of sp³-hybridized carbons (Fsp3) is 0.500. The Bertz CT molecular complexity index is 1220. The first kappa shape index (κ1) is 32.6. The highest BCUT2D eigenvalue weighted by Crippen LogP contribution is 2.31. The number of nitrogen functional groups attached to an aromatic ring is 1. The molecule has 2 aromatic carbocycles. The summed E-state index contributed by atoms with van der Waals surface area (Å²) in [5.74, 6) is 0.205. The van der Waals surface area contributed by atoms with Crippen LogP contribution in [0.4, 0.5) is 11.4 Å². The summed E-state index contributed by atoms with van der Waals surface area (Å²) in [6, 6.07) is 11.1. The summed E-state index contributed by atoms with van der Waals surface area (Å²) in [6.45, 7) is 4.22. The Kier molecular flexibility index (Phi) is 13.3. The van der Waals surface area contributed by atoms with Crippen LogP contribution >= 0.6 is 0 Å². The number of benzene rings is 2. The third-order valence-electron chi connectivity index (χ3n) is 7.69. The van der Waals surface area contributed by atoms with E-state index < -0.39 is 0 Å². The van der Waals surface area contributed by atoms with Gasteiger partial charge in [0, 0.05) is 42.2 Å². The predicted molar refractivity (Wildman–Crippen MR) is 164 cm³/mol. The van der Waals surface area contributed by atoms with Gasteiger partial charge in [0.1, 0.15) is 5.75 Å². The van der Waals surface area contributed by atoms with Crippen LogP contribution in [0, 0.1) is 0 Å². The molecule has 0 radical (unpaired) electrons. The second kappa shape index (κ2) is 17.1. The summed E-state index contributed by atoms with van der Waals surface area (Å²) in [5.41, 5.74) is 9.81. The summed E-state index contributed by atoms with van der Waals surface area (Å²) in [5, 5.41) is 8.62. The van der Waals surface area contributed by atoms with Crippen LogP contribution in [0.15, 0.2) is 36.4 Å². The number of anilines is 2. The summed E-state index contributed by atoms with van der Waals surface area (Å²) in [6.07, 6.45) is 8.59. The average molecular weight is 580 g/mol. The molecule has 1 aliphatic heterocycles. The molecule has 1 aliphatic rings. The highest BCUT2D eigenvalue weighted by molar-refractivity contribution is 6.02. The van der Waals surface area contributed by atoms with Gasteiger partial charge in [-0.15, -0.1) is 0 Å². The highest BCUT2D eigenvalue weighted by Gasteiger charge is 2.32. The molecule has 2 aromatic rings. The van der Waals surface area contributed by atoms with Gasteiger partial charge in [-0.25, -0.2) is 0 Å². The van der Waals surface area contributed by atoms with Crippen molar-refractivity contribution in [3.05, 3.63) is 53.1 Å². The highest BCUT2D eigenvalue weighted by atomic mass is 16.5. The number of fused-ring (bicyclic) bond motifs is 1. The minimum Gasteiger partial charge on any atom is -0.495 e. The van der Waals surface area contributed by atoms with Gasteiger partial charge in [-0.3, -0.25) is 24.5 Å². The zero-order chi connectivity index (χ0) is 30.3. The molecule has 0 aromatic heterocycles. The fourth-order valence-corrected chi connectivity index (χ4v) is 5.19. The van der Waals surface area contributed by atoms with E-state index in [4.69, 9.17) is 10.5 Å². The number of unbranched alkanes of at least 4 members (excludes halogenated alkanes) is 4. The number of nitrogens with two attached hydrogens (primary N) is 1. The largest absolute Gasteiger partial charge is 0.495 e. The second-order valence-corrected chi connectivity index (χ2v) is 10.8. The number of nitrogens with one attached hydrogen (secondary N) is 3. The summed E-state index contributed by atoms with van der Waals surface area (Å²) in [4.78, 5) is 49.3. The summed E-state index contributed by atoms with van der Waals surface area (Å²) >= 11 is 0. The molecular weight excluding hydrogens is 534 g/mol. The molecule has 0 fully saturated rings. The third-order valence-corrected chi connectivity index (χ3v) is 7.69. The van der Waals surface area contributed by atoms with Gasteiger partial charge >= 0.3 is 0 Å². The molecule has 3 rings (SSSR count). The maximum Gasteiger partial charge on any atom is 0.254 e. The molecule has 0 saturated heterocycles. The molecule has 0 aliphatic carbocycles. The van der Waals surface area contributed by atoms with E-state index >= 15 is 0 Å². The molecule has 228 valence electrons. The number of ether oxygens (including phenoxy) is 1. The van der Waals surface area contributed by atoms with Gasteiger partial charge < -0.3 is 26.0 Å². The number of hydrogen-bond acceptors (Lipinski definition) is 7. The smallest absolute Gasteiger partial charge is 0.254 e. The lowest BCUT2D eigenvalue weighted by Gasteiger charge is -2.24. The van der Waals surface area contributed by atoms with Crippen molar-refractivity contribution in [1.82, 2.24) is 15.5 Å². The molecule has 0 spiro atoms. The lowest BCUT2D eigenvalue weighted by molar-refractivity contribution is -0.125. The maximum atomic E-state index is 13.0. The fourth-order valence-electron chi connectivity index (χ4n) is 5.19. The van der Waals surface area contributed by atoms with E-state index in [9.17, 15) is 19.2 Å². The zero-order valence-corrected chi connectivity index (χ0v) is 24.9. The SMILES string of the molecule is COc1cc(CCCNCCCCCCCC(=O)Nc2cccc3c2CN(C(C)CCC(=O)NC=O)C3=O)ccc1N. The number of rotatable bonds is 19. The van der Waals surface area contributed by atoms with E-state index in [2.05, 4.69) is 16.0 Å². The number of amides is 4. The first-order valence-corrected chi connectivity index (χ1v) is 14.9. The Morgan fingerprint density at radius 1 is 1.02 bits per heavy atom. The standard InChI is InChI=1S/C32H45N5O5/c1-23(14-17-30(39)35-22-38)37-21-26-25(32(37)41)11-8-12-28(26)36-31(40)13-6-4-3-5-7-18-34-19-9-10-24-15-16-27(33)29(20-24)42-2/h8,11-12,15-16,20,22-23,34H,3-7,9-10,13-14,17-19,21,33H2,1-2H3,(H,36,40)(H,35,38,39). The number of carbonyl (C=O) groups is 4. The topological polar surface area (TPSA) is 143 Å². The Labute approximate surface area is 248 Å². The van der Waals surface area contributed by atoms with Gasteiger partial charge in [0.2, 0.25) is 18.2 Å². The summed E-state index contributed by atoms with van der Waals surface area (Å²) in [7, 11) is 1.63. The maximum absolute atomic E-state index is 13.0. The van der Waals surface area contributed by atoms with Crippen molar-refractivity contribution in [1.29, 1.82) is 0 Å². The number of hydrogen-bond donors (Lipinski definition) is 4. The van der Waals surface area contributed by atoms with Crippen molar-refractivity contribution in [2.45, 2.75) is 83.7 Å². The van der Waals surface area contributed by atoms with E-state index in [-0.39, 0.29) is 30.2 Å². The monoisotopic (exact) mass is 579 g/mol. The van der Waals surface area contributed by atoms with Gasteiger partial charge in [-0.1, -0.05) is 31.4 Å². The number of methoxy groups -OCH3 is 1. The molecule has 10 nitrogen and oxygen atoms in total. The predicted octanol–water partition coefficient (Wildman–Crippen LogP) is 4.18. The van der Waals surface area contributed by atoms with Crippen LogP contribution in [0.25, 0.3) is 0 Å². The molecular formula is C32H45N5O5. The zero-order valence-electron chi connectivity index (χ0n) is 24.9. The first-order valence-electron chi connectivity index (χ1n) is 14.9. The average Bonchev–Trinajstić information content (AvgIpc) is 3.32. The van der Waals surface area contributed by atoms with Crippen molar-refractivity contribution in [2.24, 2.45) is 0 Å². The molecule has 1 heterocycles. The van der Waals surface area contributed by atoms with Crippen LogP contribution in [0.1, 0.15) is 86.2 Å². The van der Waals surface area contributed by atoms with E-state index in [0.717, 1.165) is 69.3 Å². The Hall–Kier alpha value is -3.92. The first-order chi connectivity index (χ1) is 20.3. The second-order valence-electron chi connectivity index (χ2n) is 10.8. The van der Waals surface area contributed by atoms with Crippen molar-refractivity contribution >= 4 is 35.5 Å². The van der Waals surface area contributed by atoms with Crippen molar-refractivity contribution < 1.29 is 23.9 Å². The summed E-state index contributed by atoms with van der Waals surface area (Å²) < 4.78 is 5.28. The van der Waals surface area contributed by atoms with Crippen LogP contribution in [0.2, 0.25) is 0 Å². The van der Waals surface area contributed by atoms with E-state index in [1.807, 2.05) is 31.2 Å².